The van der Waals surface area contributed by atoms with E-state index >= 15 is 0 Å². The van der Waals surface area contributed by atoms with Crippen molar-refractivity contribution in [2.45, 2.75) is 25.3 Å². The Morgan fingerprint density at radius 2 is 2.21 bits per heavy atom. The number of nitrogens with zero attached hydrogens (tertiary/aromatic N) is 2. The molecule has 7 nitrogen and oxygen atoms in total. The first-order valence-corrected chi connectivity index (χ1v) is 9.77. The first-order valence-electron chi connectivity index (χ1n) is 9.40. The van der Waals surface area contributed by atoms with Crippen LogP contribution in [-0.2, 0) is 16.0 Å². The lowest BCUT2D eigenvalue weighted by Gasteiger charge is -2.18. The van der Waals surface area contributed by atoms with Gasteiger partial charge in [-0.15, -0.1) is 0 Å². The second-order valence-electron chi connectivity index (χ2n) is 7.02. The molecular weight excluding hydrogens is 392 g/mol. The van der Waals surface area contributed by atoms with Gasteiger partial charge in [-0.1, -0.05) is 17.7 Å². The van der Waals surface area contributed by atoms with Crippen LogP contribution in [0.2, 0.25) is 5.02 Å². The van der Waals surface area contributed by atoms with Crippen molar-refractivity contribution in [3.8, 4) is 5.75 Å². The van der Waals surface area contributed by atoms with Crippen molar-refractivity contribution >= 4 is 40.1 Å². The molecule has 1 fully saturated rings. The van der Waals surface area contributed by atoms with Crippen LogP contribution in [0, 0.1) is 0 Å². The second kappa shape index (κ2) is 8.13. The number of benzene rings is 2. The Morgan fingerprint density at radius 3 is 3.03 bits per heavy atom. The van der Waals surface area contributed by atoms with E-state index in [0.29, 0.717) is 23.7 Å². The summed E-state index contributed by atoms with van der Waals surface area (Å²) in [5.41, 5.74) is 2.44. The van der Waals surface area contributed by atoms with Gasteiger partial charge >= 0.3 is 0 Å². The van der Waals surface area contributed by atoms with E-state index in [1.807, 2.05) is 36.4 Å². The minimum atomic E-state index is -0.212. The van der Waals surface area contributed by atoms with Gasteiger partial charge in [0.15, 0.2) is 0 Å². The maximum absolute atomic E-state index is 12.4. The number of anilines is 1. The van der Waals surface area contributed by atoms with E-state index in [-0.39, 0.29) is 30.7 Å². The minimum absolute atomic E-state index is 0.0160. The Kier molecular flexibility index (Phi) is 5.40. The van der Waals surface area contributed by atoms with Gasteiger partial charge in [-0.05, 0) is 30.3 Å². The maximum atomic E-state index is 12.4. The predicted molar refractivity (Wildman–Crippen MR) is 111 cm³/mol. The number of fused-ring (bicyclic) bond motifs is 1. The number of carbonyl (C=O) groups is 2. The summed E-state index contributed by atoms with van der Waals surface area (Å²) < 4.78 is 5.22. The summed E-state index contributed by atoms with van der Waals surface area (Å²) in [6.45, 7) is 0.445. The molecule has 3 aromatic rings. The Balaban J connectivity index is 1.33. The van der Waals surface area contributed by atoms with Crippen molar-refractivity contribution in [1.82, 2.24) is 15.3 Å². The number of ether oxygens (including phenoxy) is 1. The predicted octanol–water partition coefficient (Wildman–Crippen LogP) is 3.08. The molecule has 1 saturated heterocycles. The molecule has 2 amide bonds. The summed E-state index contributed by atoms with van der Waals surface area (Å²) in [5, 5.41) is 3.59. The van der Waals surface area contributed by atoms with Gasteiger partial charge in [0.1, 0.15) is 11.6 Å². The number of hydrogen-bond donors (Lipinski definition) is 2. The molecule has 0 saturated carbocycles. The molecule has 0 bridgehead atoms. The topological polar surface area (TPSA) is 87.3 Å². The molecular formula is C21H21ClN4O3. The van der Waals surface area contributed by atoms with Gasteiger partial charge in [-0.2, -0.15) is 0 Å². The summed E-state index contributed by atoms with van der Waals surface area (Å²) in [6, 6.07) is 12.6. The SMILES string of the molecule is COc1cccc(N2CC(NC(=O)CCc3nc4ccc(Cl)cc4[nH]3)CC2=O)c1. The van der Waals surface area contributed by atoms with Crippen LogP contribution >= 0.6 is 11.6 Å². The van der Waals surface area contributed by atoms with Crippen molar-refractivity contribution in [3.05, 3.63) is 53.3 Å². The van der Waals surface area contributed by atoms with E-state index in [2.05, 4.69) is 15.3 Å². The molecule has 1 atom stereocenters. The summed E-state index contributed by atoms with van der Waals surface area (Å²) in [6.07, 6.45) is 1.06. The lowest BCUT2D eigenvalue weighted by molar-refractivity contribution is -0.121. The third kappa shape index (κ3) is 4.35. The molecule has 1 aromatic heterocycles. The second-order valence-corrected chi connectivity index (χ2v) is 7.46. The lowest BCUT2D eigenvalue weighted by atomic mass is 10.2. The standard InChI is InChI=1S/C21H21ClN4O3/c1-29-16-4-2-3-15(11-16)26-12-14(10-21(26)28)23-20(27)8-7-19-24-17-6-5-13(22)9-18(17)25-19/h2-6,9,11,14H,7-8,10,12H2,1H3,(H,23,27)(H,24,25). The third-order valence-electron chi connectivity index (χ3n) is 4.94. The fourth-order valence-corrected chi connectivity index (χ4v) is 3.69. The summed E-state index contributed by atoms with van der Waals surface area (Å²) >= 11 is 5.98. The third-order valence-corrected chi connectivity index (χ3v) is 5.17. The van der Waals surface area contributed by atoms with Gasteiger partial charge in [-0.25, -0.2) is 4.98 Å². The molecule has 29 heavy (non-hydrogen) atoms. The largest absolute Gasteiger partial charge is 0.497 e. The first-order chi connectivity index (χ1) is 14.0. The molecule has 1 aliphatic rings. The highest BCUT2D eigenvalue weighted by atomic mass is 35.5. The molecule has 0 spiro atoms. The van der Waals surface area contributed by atoms with Crippen LogP contribution in [0.15, 0.2) is 42.5 Å². The number of imidazole rings is 1. The summed E-state index contributed by atoms with van der Waals surface area (Å²) in [5.74, 6) is 1.30. The molecule has 8 heteroatoms. The van der Waals surface area contributed by atoms with Crippen LogP contribution in [0.3, 0.4) is 0 Å². The molecule has 0 aliphatic carbocycles. The van der Waals surface area contributed by atoms with Crippen LogP contribution in [-0.4, -0.2) is 41.5 Å². The Hall–Kier alpha value is -3.06. The van der Waals surface area contributed by atoms with Gasteiger partial charge < -0.3 is 19.9 Å². The number of H-pyrrole nitrogens is 1. The fourth-order valence-electron chi connectivity index (χ4n) is 3.52. The summed E-state index contributed by atoms with van der Waals surface area (Å²) in [4.78, 5) is 34.1. The van der Waals surface area contributed by atoms with Crippen LogP contribution in [0.4, 0.5) is 5.69 Å². The van der Waals surface area contributed by atoms with Gasteiger partial charge in [-0.3, -0.25) is 9.59 Å². The van der Waals surface area contributed by atoms with E-state index in [4.69, 9.17) is 16.3 Å². The van der Waals surface area contributed by atoms with E-state index in [1.165, 1.54) is 0 Å². The first kappa shape index (κ1) is 19.3. The number of hydrogen-bond acceptors (Lipinski definition) is 4. The Labute approximate surface area is 173 Å². The Morgan fingerprint density at radius 1 is 1.34 bits per heavy atom. The van der Waals surface area contributed by atoms with E-state index in [0.717, 1.165) is 22.5 Å². The van der Waals surface area contributed by atoms with E-state index in [1.54, 1.807) is 18.1 Å². The maximum Gasteiger partial charge on any atom is 0.229 e. The molecule has 1 unspecified atom stereocenters. The molecule has 2 heterocycles. The number of rotatable bonds is 6. The van der Waals surface area contributed by atoms with Crippen LogP contribution in [0.1, 0.15) is 18.7 Å². The zero-order valence-corrected chi connectivity index (χ0v) is 16.7. The smallest absolute Gasteiger partial charge is 0.229 e. The summed E-state index contributed by atoms with van der Waals surface area (Å²) in [7, 11) is 1.59. The van der Waals surface area contributed by atoms with Crippen LogP contribution < -0.4 is 15.0 Å². The molecule has 2 aromatic carbocycles. The van der Waals surface area contributed by atoms with Gasteiger partial charge in [0, 0.05) is 42.6 Å². The van der Waals surface area contributed by atoms with E-state index in [9.17, 15) is 9.59 Å². The highest BCUT2D eigenvalue weighted by Gasteiger charge is 2.31. The number of aryl methyl sites for hydroxylation is 1. The minimum Gasteiger partial charge on any atom is -0.497 e. The average Bonchev–Trinajstić information content (AvgIpc) is 3.28. The zero-order valence-electron chi connectivity index (χ0n) is 15.9. The normalized spacial score (nSPS) is 16.4. The fraction of sp³-hybridized carbons (Fsp3) is 0.286. The van der Waals surface area contributed by atoms with Crippen molar-refractivity contribution < 1.29 is 14.3 Å². The zero-order chi connectivity index (χ0) is 20.4. The monoisotopic (exact) mass is 412 g/mol. The molecule has 4 rings (SSSR count). The van der Waals surface area contributed by atoms with Crippen molar-refractivity contribution in [2.24, 2.45) is 0 Å². The van der Waals surface area contributed by atoms with Crippen molar-refractivity contribution in [2.75, 3.05) is 18.6 Å². The molecule has 1 aliphatic heterocycles. The van der Waals surface area contributed by atoms with Gasteiger partial charge in [0.05, 0.1) is 24.2 Å². The molecule has 0 radical (unpaired) electrons. The van der Waals surface area contributed by atoms with Crippen molar-refractivity contribution in [1.29, 1.82) is 0 Å². The number of aromatic nitrogens is 2. The number of amides is 2. The van der Waals surface area contributed by atoms with Crippen LogP contribution in [0.25, 0.3) is 11.0 Å². The number of carbonyl (C=O) groups excluding carboxylic acids is 2. The number of methoxy groups -OCH3 is 1. The number of aromatic amines is 1. The number of halogens is 1. The molecule has 150 valence electrons. The number of nitrogens with one attached hydrogen (secondary N) is 2. The van der Waals surface area contributed by atoms with E-state index < -0.39 is 0 Å². The Bertz CT molecular complexity index is 1070. The average molecular weight is 413 g/mol. The highest BCUT2D eigenvalue weighted by Crippen LogP contribution is 2.25. The molecule has 2 N–H and O–H groups in total. The van der Waals surface area contributed by atoms with Gasteiger partial charge in [0.2, 0.25) is 11.8 Å². The van der Waals surface area contributed by atoms with Crippen molar-refractivity contribution in [3.63, 3.8) is 0 Å². The quantitative estimate of drug-likeness (QED) is 0.651. The lowest BCUT2D eigenvalue weighted by Crippen LogP contribution is -2.37. The van der Waals surface area contributed by atoms with Gasteiger partial charge in [0.25, 0.3) is 0 Å². The van der Waals surface area contributed by atoms with Crippen LogP contribution in [0.5, 0.6) is 5.75 Å². The highest BCUT2D eigenvalue weighted by molar-refractivity contribution is 6.31.